The van der Waals surface area contributed by atoms with Crippen LogP contribution in [0.3, 0.4) is 0 Å². The SMILES string of the molecule is C=CC1(c2ccc3c(c2)OCO3)COC(=O)O1. The molecule has 17 heavy (non-hydrogen) atoms. The van der Waals surface area contributed by atoms with E-state index in [4.69, 9.17) is 18.9 Å². The third kappa shape index (κ3) is 1.43. The molecule has 0 aromatic heterocycles. The summed E-state index contributed by atoms with van der Waals surface area (Å²) >= 11 is 0. The van der Waals surface area contributed by atoms with Crippen LogP contribution in [0.5, 0.6) is 11.5 Å². The second kappa shape index (κ2) is 3.41. The third-order valence-electron chi connectivity index (χ3n) is 2.86. The first-order valence-corrected chi connectivity index (χ1v) is 5.13. The van der Waals surface area contributed by atoms with Crippen molar-refractivity contribution in [2.75, 3.05) is 13.4 Å². The number of rotatable bonds is 2. The van der Waals surface area contributed by atoms with Gasteiger partial charge in [0.25, 0.3) is 0 Å². The summed E-state index contributed by atoms with van der Waals surface area (Å²) in [6, 6.07) is 5.35. The number of hydrogen-bond acceptors (Lipinski definition) is 5. The molecule has 88 valence electrons. The molecule has 0 saturated carbocycles. The molecule has 1 saturated heterocycles. The molecular weight excluding hydrogens is 224 g/mol. The Morgan fingerprint density at radius 2 is 2.06 bits per heavy atom. The largest absolute Gasteiger partial charge is 0.509 e. The minimum Gasteiger partial charge on any atom is -0.454 e. The number of cyclic esters (lactones) is 2. The molecule has 0 radical (unpaired) electrons. The monoisotopic (exact) mass is 234 g/mol. The molecule has 3 rings (SSSR count). The van der Waals surface area contributed by atoms with Crippen molar-refractivity contribution in [2.24, 2.45) is 0 Å². The van der Waals surface area contributed by atoms with E-state index in [1.165, 1.54) is 0 Å². The van der Waals surface area contributed by atoms with Gasteiger partial charge in [-0.2, -0.15) is 0 Å². The molecule has 1 atom stereocenters. The van der Waals surface area contributed by atoms with Gasteiger partial charge in [-0.1, -0.05) is 12.6 Å². The summed E-state index contributed by atoms with van der Waals surface area (Å²) in [7, 11) is 0. The fourth-order valence-corrected chi connectivity index (χ4v) is 1.89. The minimum absolute atomic E-state index is 0.120. The predicted octanol–water partition coefficient (Wildman–Crippen LogP) is 1.96. The molecule has 0 spiro atoms. The molecule has 0 aliphatic carbocycles. The predicted molar refractivity (Wildman–Crippen MR) is 56.9 cm³/mol. The Kier molecular flexibility index (Phi) is 2.01. The lowest BCUT2D eigenvalue weighted by Crippen LogP contribution is -2.25. The van der Waals surface area contributed by atoms with E-state index in [9.17, 15) is 4.79 Å². The summed E-state index contributed by atoms with van der Waals surface area (Å²) in [6.07, 6.45) is 0.859. The molecule has 5 heteroatoms. The lowest BCUT2D eigenvalue weighted by atomic mass is 9.94. The van der Waals surface area contributed by atoms with E-state index < -0.39 is 11.8 Å². The highest BCUT2D eigenvalue weighted by Gasteiger charge is 2.42. The summed E-state index contributed by atoms with van der Waals surface area (Å²) in [6.45, 7) is 4.01. The lowest BCUT2D eigenvalue weighted by molar-refractivity contribution is 0.0886. The fraction of sp³-hybridized carbons (Fsp3) is 0.250. The molecule has 2 aliphatic heterocycles. The van der Waals surface area contributed by atoms with Crippen molar-refractivity contribution >= 4 is 6.16 Å². The minimum atomic E-state index is -0.932. The van der Waals surface area contributed by atoms with Gasteiger partial charge in [0.05, 0.1) is 0 Å². The average molecular weight is 234 g/mol. The van der Waals surface area contributed by atoms with Crippen LogP contribution in [0.25, 0.3) is 0 Å². The van der Waals surface area contributed by atoms with Crippen molar-refractivity contribution in [3.8, 4) is 11.5 Å². The highest BCUT2D eigenvalue weighted by molar-refractivity contribution is 5.64. The van der Waals surface area contributed by atoms with Crippen LogP contribution >= 0.6 is 0 Å². The topological polar surface area (TPSA) is 54.0 Å². The second-order valence-electron chi connectivity index (χ2n) is 3.80. The van der Waals surface area contributed by atoms with Crippen molar-refractivity contribution in [3.05, 3.63) is 36.4 Å². The molecule has 1 aromatic rings. The van der Waals surface area contributed by atoms with Gasteiger partial charge < -0.3 is 18.9 Å². The maximum Gasteiger partial charge on any atom is 0.509 e. The maximum absolute atomic E-state index is 11.1. The average Bonchev–Trinajstić information content (AvgIpc) is 2.94. The van der Waals surface area contributed by atoms with Crippen LogP contribution in [-0.4, -0.2) is 19.6 Å². The number of fused-ring (bicyclic) bond motifs is 1. The zero-order valence-electron chi connectivity index (χ0n) is 8.97. The van der Waals surface area contributed by atoms with E-state index in [1.54, 1.807) is 24.3 Å². The standard InChI is InChI=1S/C12H10O5/c1-2-12(6-14-11(13)17-12)8-3-4-9-10(5-8)16-7-15-9/h2-5H,1,6-7H2. The van der Waals surface area contributed by atoms with Gasteiger partial charge in [-0.25, -0.2) is 4.79 Å². The van der Waals surface area contributed by atoms with Crippen LogP contribution in [0, 0.1) is 0 Å². The van der Waals surface area contributed by atoms with Crippen molar-refractivity contribution in [1.82, 2.24) is 0 Å². The van der Waals surface area contributed by atoms with Gasteiger partial charge in [0.1, 0.15) is 6.61 Å². The summed E-state index contributed by atoms with van der Waals surface area (Å²) < 4.78 is 20.5. The maximum atomic E-state index is 11.1. The van der Waals surface area contributed by atoms with E-state index in [-0.39, 0.29) is 13.4 Å². The van der Waals surface area contributed by atoms with Gasteiger partial charge in [0.2, 0.25) is 6.79 Å². The molecule has 1 unspecified atom stereocenters. The second-order valence-corrected chi connectivity index (χ2v) is 3.80. The first kappa shape index (κ1) is 10.0. The molecule has 1 aromatic carbocycles. The molecule has 0 amide bonds. The van der Waals surface area contributed by atoms with Gasteiger partial charge in [0.15, 0.2) is 17.1 Å². The van der Waals surface area contributed by atoms with E-state index >= 15 is 0 Å². The molecule has 0 bridgehead atoms. The number of carbonyl (C=O) groups is 1. The summed E-state index contributed by atoms with van der Waals surface area (Å²) in [5.41, 5.74) is -0.180. The van der Waals surface area contributed by atoms with Crippen LogP contribution in [0.1, 0.15) is 5.56 Å². The van der Waals surface area contributed by atoms with Gasteiger partial charge in [0, 0.05) is 5.56 Å². The van der Waals surface area contributed by atoms with Crippen LogP contribution in [0.4, 0.5) is 4.79 Å². The third-order valence-corrected chi connectivity index (χ3v) is 2.86. The van der Waals surface area contributed by atoms with E-state index in [1.807, 2.05) is 0 Å². The van der Waals surface area contributed by atoms with Crippen LogP contribution in [0.15, 0.2) is 30.9 Å². The first-order valence-electron chi connectivity index (χ1n) is 5.13. The van der Waals surface area contributed by atoms with Gasteiger partial charge >= 0.3 is 6.16 Å². The Hall–Kier alpha value is -2.17. The summed E-state index contributed by atoms with van der Waals surface area (Å²) in [5, 5.41) is 0. The fourth-order valence-electron chi connectivity index (χ4n) is 1.89. The molecular formula is C12H10O5. The molecule has 2 heterocycles. The Morgan fingerprint density at radius 3 is 2.76 bits per heavy atom. The quantitative estimate of drug-likeness (QED) is 0.578. The zero-order chi connectivity index (χ0) is 11.9. The van der Waals surface area contributed by atoms with Crippen molar-refractivity contribution in [1.29, 1.82) is 0 Å². The van der Waals surface area contributed by atoms with Gasteiger partial charge in [-0.05, 0) is 18.2 Å². The van der Waals surface area contributed by atoms with Crippen LogP contribution < -0.4 is 9.47 Å². The number of benzene rings is 1. The van der Waals surface area contributed by atoms with E-state index in [0.29, 0.717) is 11.5 Å². The lowest BCUT2D eigenvalue weighted by Gasteiger charge is -2.21. The highest BCUT2D eigenvalue weighted by atomic mass is 16.8. The van der Waals surface area contributed by atoms with Crippen molar-refractivity contribution < 1.29 is 23.7 Å². The smallest absolute Gasteiger partial charge is 0.454 e. The molecule has 1 fully saturated rings. The Balaban J connectivity index is 2.03. The van der Waals surface area contributed by atoms with E-state index in [2.05, 4.69) is 6.58 Å². The first-order chi connectivity index (χ1) is 8.23. The van der Waals surface area contributed by atoms with Gasteiger partial charge in [-0.15, -0.1) is 0 Å². The normalized spacial score (nSPS) is 25.3. The van der Waals surface area contributed by atoms with Crippen LogP contribution in [0.2, 0.25) is 0 Å². The Bertz CT molecular complexity index is 496. The number of hydrogen-bond donors (Lipinski definition) is 0. The zero-order valence-corrected chi connectivity index (χ0v) is 8.97. The van der Waals surface area contributed by atoms with Crippen molar-refractivity contribution in [3.63, 3.8) is 0 Å². The summed E-state index contributed by atoms with van der Waals surface area (Å²) in [4.78, 5) is 11.1. The highest BCUT2D eigenvalue weighted by Crippen LogP contribution is 2.39. The Labute approximate surface area is 97.5 Å². The number of ether oxygens (including phenoxy) is 4. The number of carbonyl (C=O) groups excluding carboxylic acids is 1. The molecule has 2 aliphatic rings. The summed E-state index contributed by atoms with van der Waals surface area (Å²) in [5.74, 6) is 1.31. The van der Waals surface area contributed by atoms with Crippen molar-refractivity contribution in [2.45, 2.75) is 5.60 Å². The molecule has 5 nitrogen and oxygen atoms in total. The molecule has 0 N–H and O–H groups in total. The van der Waals surface area contributed by atoms with Gasteiger partial charge in [-0.3, -0.25) is 0 Å². The van der Waals surface area contributed by atoms with E-state index in [0.717, 1.165) is 5.56 Å². The van der Waals surface area contributed by atoms with Crippen LogP contribution in [-0.2, 0) is 15.1 Å². The Morgan fingerprint density at radius 1 is 1.24 bits per heavy atom.